The predicted octanol–water partition coefficient (Wildman–Crippen LogP) is -0.551. The van der Waals surface area contributed by atoms with Crippen molar-refractivity contribution in [3.05, 3.63) is 11.6 Å². The number of amides is 1. The second-order valence-electron chi connectivity index (χ2n) is 3.36. The van der Waals surface area contributed by atoms with Gasteiger partial charge in [-0.2, -0.15) is 0 Å². The summed E-state index contributed by atoms with van der Waals surface area (Å²) in [5, 5.41) is 10.7. The molecule has 0 spiro atoms. The van der Waals surface area contributed by atoms with E-state index in [1.54, 1.807) is 0 Å². The summed E-state index contributed by atoms with van der Waals surface area (Å²) in [6.45, 7) is 2.16. The number of carboxylic acids is 1. The molecule has 78 valence electrons. The largest absolute Gasteiger partial charge is 0.474 e. The highest BCUT2D eigenvalue weighted by Crippen LogP contribution is 2.07. The van der Waals surface area contributed by atoms with E-state index >= 15 is 0 Å². The van der Waals surface area contributed by atoms with Crippen LogP contribution in [0.2, 0.25) is 0 Å². The van der Waals surface area contributed by atoms with Gasteiger partial charge >= 0.3 is 11.9 Å². The van der Waals surface area contributed by atoms with E-state index in [1.807, 2.05) is 13.1 Å². The van der Waals surface area contributed by atoms with Crippen molar-refractivity contribution in [2.24, 2.45) is 0 Å². The van der Waals surface area contributed by atoms with Crippen molar-refractivity contribution >= 4 is 11.9 Å². The van der Waals surface area contributed by atoms with Crippen LogP contribution in [0.1, 0.15) is 6.42 Å². The highest BCUT2D eigenvalue weighted by atomic mass is 16.4. The highest BCUT2D eigenvalue weighted by Gasteiger charge is 2.12. The molecule has 2 N–H and O–H groups in total. The third-order valence-electron chi connectivity index (χ3n) is 2.18. The zero-order valence-electron chi connectivity index (χ0n) is 8.12. The summed E-state index contributed by atoms with van der Waals surface area (Å²) < 4.78 is 0. The van der Waals surface area contributed by atoms with Crippen molar-refractivity contribution in [3.8, 4) is 0 Å². The van der Waals surface area contributed by atoms with E-state index in [9.17, 15) is 9.59 Å². The third kappa shape index (κ3) is 3.18. The number of carbonyl (C=O) groups is 2. The zero-order valence-corrected chi connectivity index (χ0v) is 8.12. The number of carbonyl (C=O) groups excluding carboxylic acids is 1. The second-order valence-corrected chi connectivity index (χ2v) is 3.36. The van der Waals surface area contributed by atoms with E-state index in [0.29, 0.717) is 6.54 Å². The number of nitrogens with one attached hydrogen (secondary N) is 1. The molecule has 0 radical (unpaired) electrons. The second kappa shape index (κ2) is 4.76. The molecule has 0 aromatic heterocycles. The van der Waals surface area contributed by atoms with Crippen molar-refractivity contribution in [1.29, 1.82) is 0 Å². The van der Waals surface area contributed by atoms with Crippen LogP contribution in [0.25, 0.3) is 0 Å². The molecular weight excluding hydrogens is 184 g/mol. The van der Waals surface area contributed by atoms with Gasteiger partial charge in [0.1, 0.15) is 0 Å². The molecule has 1 aliphatic heterocycles. The van der Waals surface area contributed by atoms with Crippen LogP contribution in [0.4, 0.5) is 0 Å². The average molecular weight is 198 g/mol. The lowest BCUT2D eigenvalue weighted by atomic mass is 10.1. The maximum atomic E-state index is 10.7. The van der Waals surface area contributed by atoms with Crippen LogP contribution >= 0.6 is 0 Å². The summed E-state index contributed by atoms with van der Waals surface area (Å²) in [4.78, 5) is 23.0. The van der Waals surface area contributed by atoms with Crippen molar-refractivity contribution in [2.75, 3.05) is 26.7 Å². The van der Waals surface area contributed by atoms with Crippen molar-refractivity contribution in [1.82, 2.24) is 10.2 Å². The number of nitrogens with zero attached hydrogens (tertiary/aromatic N) is 1. The Morgan fingerprint density at radius 1 is 1.64 bits per heavy atom. The van der Waals surface area contributed by atoms with Gasteiger partial charge in [0.15, 0.2) is 0 Å². The summed E-state index contributed by atoms with van der Waals surface area (Å²) in [6.07, 6.45) is 2.90. The fourth-order valence-electron chi connectivity index (χ4n) is 1.24. The first kappa shape index (κ1) is 10.7. The molecule has 0 fully saturated rings. The van der Waals surface area contributed by atoms with Crippen LogP contribution in [0.5, 0.6) is 0 Å². The van der Waals surface area contributed by atoms with Gasteiger partial charge in [-0.3, -0.25) is 4.79 Å². The van der Waals surface area contributed by atoms with E-state index in [1.165, 1.54) is 0 Å². The van der Waals surface area contributed by atoms with Gasteiger partial charge in [-0.15, -0.1) is 0 Å². The van der Waals surface area contributed by atoms with Crippen molar-refractivity contribution in [3.63, 3.8) is 0 Å². The minimum absolute atomic E-state index is 0.346. The maximum absolute atomic E-state index is 10.7. The SMILES string of the molecule is CN1CC=C(CNC(=O)C(=O)O)CC1. The highest BCUT2D eigenvalue weighted by molar-refractivity contribution is 6.31. The molecule has 0 aromatic carbocycles. The Kier molecular flexibility index (Phi) is 3.64. The minimum atomic E-state index is -1.43. The Balaban J connectivity index is 2.32. The molecule has 5 nitrogen and oxygen atoms in total. The lowest BCUT2D eigenvalue weighted by Crippen LogP contribution is -2.34. The molecule has 0 bridgehead atoms. The smallest absolute Gasteiger partial charge is 0.394 e. The van der Waals surface area contributed by atoms with Crippen LogP contribution in [-0.2, 0) is 9.59 Å². The molecule has 0 saturated carbocycles. The molecule has 1 amide bonds. The number of aliphatic carboxylic acids is 1. The molecule has 5 heteroatoms. The normalized spacial score (nSPS) is 17.4. The Bertz CT molecular complexity index is 273. The number of hydrogen-bond donors (Lipinski definition) is 2. The Hall–Kier alpha value is -1.36. The third-order valence-corrected chi connectivity index (χ3v) is 2.18. The predicted molar refractivity (Wildman–Crippen MR) is 50.8 cm³/mol. The van der Waals surface area contributed by atoms with Gasteiger partial charge in [-0.25, -0.2) is 4.79 Å². The molecule has 1 aliphatic rings. The van der Waals surface area contributed by atoms with Crippen LogP contribution in [0.15, 0.2) is 11.6 Å². The van der Waals surface area contributed by atoms with Gasteiger partial charge in [0.25, 0.3) is 0 Å². The lowest BCUT2D eigenvalue weighted by molar-refractivity contribution is -0.150. The summed E-state index contributed by atoms with van der Waals surface area (Å²) in [7, 11) is 2.02. The fourth-order valence-corrected chi connectivity index (χ4v) is 1.24. The van der Waals surface area contributed by atoms with Crippen molar-refractivity contribution < 1.29 is 14.7 Å². The van der Waals surface area contributed by atoms with Crippen molar-refractivity contribution in [2.45, 2.75) is 6.42 Å². The van der Waals surface area contributed by atoms with Gasteiger partial charge in [0, 0.05) is 19.6 Å². The number of likely N-dealkylation sites (N-methyl/N-ethyl adjacent to an activating group) is 1. The molecular formula is C9H14N2O3. The maximum Gasteiger partial charge on any atom is 0.394 e. The van der Waals surface area contributed by atoms with E-state index in [0.717, 1.165) is 25.1 Å². The van der Waals surface area contributed by atoms with E-state index in [2.05, 4.69) is 10.2 Å². The number of hydrogen-bond acceptors (Lipinski definition) is 3. The monoisotopic (exact) mass is 198 g/mol. The van der Waals surface area contributed by atoms with Crippen LogP contribution in [0.3, 0.4) is 0 Å². The molecule has 0 atom stereocenters. The molecule has 14 heavy (non-hydrogen) atoms. The molecule has 1 rings (SSSR count). The van der Waals surface area contributed by atoms with Crippen LogP contribution in [0, 0.1) is 0 Å². The summed E-state index contributed by atoms with van der Waals surface area (Å²) in [5.74, 6) is -2.37. The molecule has 0 aliphatic carbocycles. The standard InChI is InChI=1S/C9H14N2O3/c1-11-4-2-7(3-5-11)6-10-8(12)9(13)14/h2H,3-6H2,1H3,(H,10,12)(H,13,14). The zero-order chi connectivity index (χ0) is 10.6. The van der Waals surface area contributed by atoms with Gasteiger partial charge < -0.3 is 15.3 Å². The fraction of sp³-hybridized carbons (Fsp3) is 0.556. The lowest BCUT2D eigenvalue weighted by Gasteiger charge is -2.21. The van der Waals surface area contributed by atoms with Crippen LogP contribution in [-0.4, -0.2) is 48.6 Å². The van der Waals surface area contributed by atoms with Gasteiger partial charge in [0.2, 0.25) is 0 Å². The van der Waals surface area contributed by atoms with Crippen LogP contribution < -0.4 is 5.32 Å². The van der Waals surface area contributed by atoms with E-state index < -0.39 is 11.9 Å². The first-order chi connectivity index (χ1) is 6.59. The topological polar surface area (TPSA) is 69.6 Å². The first-order valence-electron chi connectivity index (χ1n) is 4.47. The molecule has 0 saturated heterocycles. The van der Waals surface area contributed by atoms with Gasteiger partial charge in [0.05, 0.1) is 0 Å². The number of carboxylic acid groups (broad SMARTS) is 1. The summed E-state index contributed by atoms with van der Waals surface area (Å²) >= 11 is 0. The molecule has 0 aromatic rings. The van der Waals surface area contributed by atoms with Gasteiger partial charge in [-0.05, 0) is 13.5 Å². The number of rotatable bonds is 2. The Morgan fingerprint density at radius 3 is 2.86 bits per heavy atom. The van der Waals surface area contributed by atoms with Gasteiger partial charge in [-0.1, -0.05) is 11.6 Å². The van der Waals surface area contributed by atoms with E-state index in [4.69, 9.17) is 5.11 Å². The van der Waals surface area contributed by atoms with E-state index in [-0.39, 0.29) is 0 Å². The Morgan fingerprint density at radius 2 is 2.36 bits per heavy atom. The first-order valence-corrected chi connectivity index (χ1v) is 4.47. The summed E-state index contributed by atoms with van der Waals surface area (Å²) in [6, 6.07) is 0. The average Bonchev–Trinajstić information content (AvgIpc) is 2.16. The Labute approximate surface area is 82.4 Å². The quantitative estimate of drug-likeness (QED) is 0.461. The minimum Gasteiger partial charge on any atom is -0.474 e. The molecule has 0 unspecified atom stereocenters. The molecule has 1 heterocycles. The summed E-state index contributed by atoms with van der Waals surface area (Å²) in [5.41, 5.74) is 1.10.